The molecule has 4 rings (SSSR count). The normalized spacial score (nSPS) is 35.5. The van der Waals surface area contributed by atoms with E-state index in [9.17, 15) is 10.2 Å². The molecule has 20 heavy (non-hydrogen) atoms. The molecule has 4 N–H and O–H groups in total. The van der Waals surface area contributed by atoms with Crippen LogP contribution in [0, 0.1) is 15.2 Å². The summed E-state index contributed by atoms with van der Waals surface area (Å²) in [7, 11) is 0. The minimum Gasteiger partial charge on any atom is -0.396 e. The van der Waals surface area contributed by atoms with Crippen LogP contribution in [0.3, 0.4) is 0 Å². The standard InChI is InChI=1S/C12H14IN5O2/c13-11-16-9(14)8-10(17-11)18(4-15-8)6-1-7(20)12(3-19)2-5(6)12/h4-7,19-20H,1-3H2,(H2,14,16,17). The van der Waals surface area contributed by atoms with Crippen molar-refractivity contribution in [1.82, 2.24) is 19.5 Å². The Morgan fingerprint density at radius 3 is 2.95 bits per heavy atom. The minimum atomic E-state index is -0.460. The molecular weight excluding hydrogens is 373 g/mol. The summed E-state index contributed by atoms with van der Waals surface area (Å²) < 4.78 is 2.56. The summed E-state index contributed by atoms with van der Waals surface area (Å²) in [5.74, 6) is 0.662. The first-order valence-electron chi connectivity index (χ1n) is 6.51. The van der Waals surface area contributed by atoms with E-state index in [2.05, 4.69) is 15.0 Å². The molecule has 2 aliphatic carbocycles. The molecule has 0 radical (unpaired) electrons. The summed E-state index contributed by atoms with van der Waals surface area (Å²) in [5, 5.41) is 19.7. The molecule has 2 heterocycles. The Kier molecular flexibility index (Phi) is 2.55. The second kappa shape index (κ2) is 4.01. The lowest BCUT2D eigenvalue weighted by molar-refractivity contribution is 0.0600. The van der Waals surface area contributed by atoms with Gasteiger partial charge in [0.05, 0.1) is 19.0 Å². The third-order valence-corrected chi connectivity index (χ3v) is 5.33. The number of nitrogens with zero attached hydrogens (tertiary/aromatic N) is 4. The zero-order valence-electron chi connectivity index (χ0n) is 10.6. The van der Waals surface area contributed by atoms with Gasteiger partial charge in [-0.2, -0.15) is 0 Å². The first-order chi connectivity index (χ1) is 9.56. The first kappa shape index (κ1) is 12.7. The smallest absolute Gasteiger partial charge is 0.194 e. The van der Waals surface area contributed by atoms with E-state index in [1.165, 1.54) is 0 Å². The Morgan fingerprint density at radius 2 is 2.30 bits per heavy atom. The Balaban J connectivity index is 1.81. The fourth-order valence-electron chi connectivity index (χ4n) is 3.63. The Labute approximate surface area is 128 Å². The van der Waals surface area contributed by atoms with Crippen molar-refractivity contribution in [2.24, 2.45) is 11.3 Å². The van der Waals surface area contributed by atoms with Gasteiger partial charge in [-0.1, -0.05) is 0 Å². The van der Waals surface area contributed by atoms with Crippen molar-refractivity contribution >= 4 is 39.6 Å². The van der Waals surface area contributed by atoms with Crippen LogP contribution in [-0.4, -0.2) is 42.4 Å². The number of fused-ring (bicyclic) bond motifs is 2. The fraction of sp³-hybridized carbons (Fsp3) is 0.583. The van der Waals surface area contributed by atoms with Crippen LogP contribution in [0.25, 0.3) is 11.2 Å². The van der Waals surface area contributed by atoms with Gasteiger partial charge in [-0.15, -0.1) is 0 Å². The van der Waals surface area contributed by atoms with Crippen LogP contribution in [0.4, 0.5) is 5.82 Å². The summed E-state index contributed by atoms with van der Waals surface area (Å²) in [6.07, 6.45) is 2.73. The van der Waals surface area contributed by atoms with E-state index in [1.54, 1.807) is 6.33 Å². The maximum absolute atomic E-state index is 10.2. The number of nitrogen functional groups attached to an aromatic ring is 1. The second-order valence-corrected chi connectivity index (χ2v) is 6.69. The maximum atomic E-state index is 10.2. The quantitative estimate of drug-likeness (QED) is 0.506. The van der Waals surface area contributed by atoms with Crippen molar-refractivity contribution in [2.45, 2.75) is 25.0 Å². The predicted octanol–water partition coefficient (Wildman–Crippen LogP) is 0.317. The van der Waals surface area contributed by atoms with Crippen LogP contribution >= 0.6 is 22.6 Å². The van der Waals surface area contributed by atoms with Crippen molar-refractivity contribution < 1.29 is 10.2 Å². The SMILES string of the molecule is Nc1nc(I)nc2c1ncn2C1CC(O)C2(CO)CC12. The number of anilines is 1. The van der Waals surface area contributed by atoms with E-state index in [1.807, 2.05) is 27.2 Å². The van der Waals surface area contributed by atoms with Crippen molar-refractivity contribution in [3.63, 3.8) is 0 Å². The molecule has 0 aliphatic heterocycles. The molecule has 8 heteroatoms. The van der Waals surface area contributed by atoms with Crippen LogP contribution in [0.2, 0.25) is 0 Å². The third-order valence-electron chi connectivity index (χ3n) is 4.84. The lowest BCUT2D eigenvalue weighted by Gasteiger charge is -2.16. The highest BCUT2D eigenvalue weighted by molar-refractivity contribution is 14.1. The van der Waals surface area contributed by atoms with E-state index in [4.69, 9.17) is 5.73 Å². The molecule has 0 saturated heterocycles. The van der Waals surface area contributed by atoms with E-state index in [0.29, 0.717) is 27.2 Å². The summed E-state index contributed by atoms with van der Waals surface area (Å²) in [5.41, 5.74) is 6.87. The topological polar surface area (TPSA) is 110 Å². The Bertz CT molecular complexity index is 704. The lowest BCUT2D eigenvalue weighted by Crippen LogP contribution is -2.22. The number of halogens is 1. The summed E-state index contributed by atoms with van der Waals surface area (Å²) in [6.45, 7) is 0.0383. The number of aliphatic hydroxyl groups excluding tert-OH is 2. The zero-order chi connectivity index (χ0) is 14.1. The highest BCUT2D eigenvalue weighted by Gasteiger charge is 2.67. The molecule has 2 aromatic rings. The van der Waals surface area contributed by atoms with Crippen LogP contribution in [0.1, 0.15) is 18.9 Å². The van der Waals surface area contributed by atoms with Crippen LogP contribution in [-0.2, 0) is 0 Å². The summed E-state index contributed by atoms with van der Waals surface area (Å²) in [4.78, 5) is 12.8. The predicted molar refractivity (Wildman–Crippen MR) is 79.7 cm³/mol. The number of aromatic nitrogens is 4. The molecule has 2 fully saturated rings. The molecule has 2 aromatic heterocycles. The van der Waals surface area contributed by atoms with Gasteiger partial charge in [-0.05, 0) is 18.8 Å². The lowest BCUT2D eigenvalue weighted by atomic mass is 10.0. The average Bonchev–Trinajstić information content (AvgIpc) is 2.91. The molecule has 0 spiro atoms. The molecule has 7 nitrogen and oxygen atoms in total. The number of rotatable bonds is 2. The molecular formula is C12H14IN5O2. The maximum Gasteiger partial charge on any atom is 0.194 e. The van der Waals surface area contributed by atoms with Gasteiger partial charge in [0.25, 0.3) is 0 Å². The van der Waals surface area contributed by atoms with Gasteiger partial charge in [0.1, 0.15) is 5.52 Å². The molecule has 2 aliphatic rings. The van der Waals surface area contributed by atoms with E-state index < -0.39 is 6.10 Å². The molecule has 0 bridgehead atoms. The fourth-order valence-corrected chi connectivity index (χ4v) is 4.12. The van der Waals surface area contributed by atoms with Gasteiger partial charge in [0.2, 0.25) is 0 Å². The van der Waals surface area contributed by atoms with Crippen molar-refractivity contribution in [3.8, 4) is 0 Å². The minimum absolute atomic E-state index is 0.0383. The van der Waals surface area contributed by atoms with E-state index >= 15 is 0 Å². The van der Waals surface area contributed by atoms with E-state index in [0.717, 1.165) is 6.42 Å². The highest BCUT2D eigenvalue weighted by atomic mass is 127. The van der Waals surface area contributed by atoms with Crippen molar-refractivity contribution in [1.29, 1.82) is 0 Å². The molecule has 0 amide bonds. The highest BCUT2D eigenvalue weighted by Crippen LogP contribution is 2.67. The molecule has 106 valence electrons. The van der Waals surface area contributed by atoms with Crippen molar-refractivity contribution in [2.75, 3.05) is 12.3 Å². The molecule has 0 aromatic carbocycles. The summed E-state index contributed by atoms with van der Waals surface area (Å²) in [6, 6.07) is 0.118. The van der Waals surface area contributed by atoms with Crippen LogP contribution in [0.5, 0.6) is 0 Å². The first-order valence-corrected chi connectivity index (χ1v) is 7.59. The van der Waals surface area contributed by atoms with Gasteiger partial charge in [0, 0.05) is 34.0 Å². The largest absolute Gasteiger partial charge is 0.396 e. The zero-order valence-corrected chi connectivity index (χ0v) is 12.7. The summed E-state index contributed by atoms with van der Waals surface area (Å²) >= 11 is 2.03. The number of aliphatic hydroxyl groups is 2. The molecule has 4 unspecified atom stereocenters. The van der Waals surface area contributed by atoms with Crippen molar-refractivity contribution in [3.05, 3.63) is 10.2 Å². The second-order valence-electron chi connectivity index (χ2n) is 5.72. The number of hydrogen-bond acceptors (Lipinski definition) is 6. The number of nitrogens with two attached hydrogens (primary N) is 1. The van der Waals surface area contributed by atoms with Crippen LogP contribution in [0.15, 0.2) is 6.33 Å². The number of imidazole rings is 1. The van der Waals surface area contributed by atoms with Gasteiger partial charge in [-0.25, -0.2) is 15.0 Å². The molecule has 2 saturated carbocycles. The third kappa shape index (κ3) is 1.49. The molecule has 4 atom stereocenters. The Hall–Kier alpha value is -1.00. The number of hydrogen-bond donors (Lipinski definition) is 3. The Morgan fingerprint density at radius 1 is 1.50 bits per heavy atom. The van der Waals surface area contributed by atoms with Crippen LogP contribution < -0.4 is 5.73 Å². The van der Waals surface area contributed by atoms with Gasteiger partial charge < -0.3 is 20.5 Å². The van der Waals surface area contributed by atoms with Gasteiger partial charge >= 0.3 is 0 Å². The van der Waals surface area contributed by atoms with Gasteiger partial charge in [-0.3, -0.25) is 0 Å². The van der Waals surface area contributed by atoms with E-state index in [-0.39, 0.29) is 24.0 Å². The monoisotopic (exact) mass is 387 g/mol. The van der Waals surface area contributed by atoms with Gasteiger partial charge in [0.15, 0.2) is 15.3 Å². The average molecular weight is 387 g/mol.